The van der Waals surface area contributed by atoms with E-state index in [1.54, 1.807) is 0 Å². The highest BCUT2D eigenvalue weighted by Crippen LogP contribution is 2.28. The molecule has 1 heterocycles. The first kappa shape index (κ1) is 13.4. The molecule has 0 radical (unpaired) electrons. The monoisotopic (exact) mass is 281 g/mol. The van der Waals surface area contributed by atoms with Gasteiger partial charge in [-0.1, -0.05) is 34.8 Å². The minimum atomic E-state index is -0.0880. The second kappa shape index (κ2) is 6.13. The molecule has 0 aliphatic carbocycles. The van der Waals surface area contributed by atoms with Gasteiger partial charge in [-0.25, -0.2) is 4.98 Å². The van der Waals surface area contributed by atoms with Gasteiger partial charge in [-0.2, -0.15) is 0 Å². The van der Waals surface area contributed by atoms with Gasteiger partial charge >= 0.3 is 0 Å². The van der Waals surface area contributed by atoms with Crippen LogP contribution in [0.25, 0.3) is 0 Å². The summed E-state index contributed by atoms with van der Waals surface area (Å²) in [5, 5.41) is 6.44. The second-order valence-corrected chi connectivity index (χ2v) is 4.17. The largest absolute Gasteiger partial charge is 0.367 e. The summed E-state index contributed by atoms with van der Waals surface area (Å²) < 4.78 is 0. The van der Waals surface area contributed by atoms with Crippen LogP contribution in [0.3, 0.4) is 0 Å². The zero-order valence-electron chi connectivity index (χ0n) is 8.48. The van der Waals surface area contributed by atoms with E-state index in [2.05, 4.69) is 15.6 Å². The minimum absolute atomic E-state index is 0.0880. The van der Waals surface area contributed by atoms with Gasteiger partial charge in [-0.15, -0.1) is 0 Å². The molecule has 0 saturated carbocycles. The van der Waals surface area contributed by atoms with Gasteiger partial charge in [-0.05, 0) is 6.07 Å². The molecule has 1 aromatic heterocycles. The van der Waals surface area contributed by atoms with E-state index in [0.717, 1.165) is 0 Å². The smallest absolute Gasteiger partial charge is 0.216 e. The quantitative estimate of drug-likeness (QED) is 0.659. The standard InChI is InChI=1S/C9H10Cl3N3O/c1-5(16)13-2-3-14-9-7(11)4-6(10)8(12)15-9/h4H,2-3H2,1H3,(H,13,16)(H,14,15). The fourth-order valence-electron chi connectivity index (χ4n) is 0.988. The van der Waals surface area contributed by atoms with Crippen molar-refractivity contribution in [2.45, 2.75) is 6.92 Å². The molecular weight excluding hydrogens is 272 g/mol. The van der Waals surface area contributed by atoms with Crippen LogP contribution in [0.1, 0.15) is 6.92 Å². The topological polar surface area (TPSA) is 54.0 Å². The lowest BCUT2D eigenvalue weighted by atomic mass is 10.4. The number of carbonyl (C=O) groups excluding carboxylic acids is 1. The summed E-state index contributed by atoms with van der Waals surface area (Å²) in [6.45, 7) is 2.43. The SMILES string of the molecule is CC(=O)NCCNc1nc(Cl)c(Cl)cc1Cl. The number of nitrogens with zero attached hydrogens (tertiary/aromatic N) is 1. The Morgan fingerprint density at radius 2 is 2.00 bits per heavy atom. The van der Waals surface area contributed by atoms with Gasteiger partial charge in [0.15, 0.2) is 0 Å². The molecule has 0 spiro atoms. The van der Waals surface area contributed by atoms with Crippen molar-refractivity contribution in [3.63, 3.8) is 0 Å². The summed E-state index contributed by atoms with van der Waals surface area (Å²) in [5.41, 5.74) is 0. The molecule has 88 valence electrons. The molecule has 0 fully saturated rings. The Morgan fingerprint density at radius 1 is 1.31 bits per heavy atom. The minimum Gasteiger partial charge on any atom is -0.367 e. The van der Waals surface area contributed by atoms with Crippen LogP contribution in [-0.4, -0.2) is 24.0 Å². The Bertz CT molecular complexity index is 398. The second-order valence-electron chi connectivity index (χ2n) is 3.00. The van der Waals surface area contributed by atoms with E-state index in [1.807, 2.05) is 0 Å². The lowest BCUT2D eigenvalue weighted by Gasteiger charge is -2.08. The van der Waals surface area contributed by atoms with E-state index in [9.17, 15) is 4.79 Å². The number of amides is 1. The van der Waals surface area contributed by atoms with Gasteiger partial charge < -0.3 is 10.6 Å². The molecule has 1 amide bonds. The summed E-state index contributed by atoms with van der Waals surface area (Å²) in [5.74, 6) is 0.358. The van der Waals surface area contributed by atoms with Gasteiger partial charge in [0.05, 0.1) is 10.0 Å². The van der Waals surface area contributed by atoms with Crippen LogP contribution < -0.4 is 10.6 Å². The van der Waals surface area contributed by atoms with Crippen molar-refractivity contribution in [3.8, 4) is 0 Å². The van der Waals surface area contributed by atoms with E-state index in [4.69, 9.17) is 34.8 Å². The van der Waals surface area contributed by atoms with E-state index >= 15 is 0 Å². The van der Waals surface area contributed by atoms with E-state index < -0.39 is 0 Å². The zero-order chi connectivity index (χ0) is 12.1. The number of halogens is 3. The Kier molecular flexibility index (Phi) is 5.12. The molecule has 4 nitrogen and oxygen atoms in total. The van der Waals surface area contributed by atoms with Crippen LogP contribution in [0.2, 0.25) is 15.2 Å². The number of hydrogen-bond donors (Lipinski definition) is 2. The molecule has 7 heteroatoms. The van der Waals surface area contributed by atoms with Crippen molar-refractivity contribution in [3.05, 3.63) is 21.3 Å². The van der Waals surface area contributed by atoms with Crippen molar-refractivity contribution >= 4 is 46.5 Å². The van der Waals surface area contributed by atoms with Crippen LogP contribution in [0.15, 0.2) is 6.07 Å². The average molecular weight is 283 g/mol. The highest BCUT2D eigenvalue weighted by Gasteiger charge is 2.06. The third kappa shape index (κ3) is 4.04. The summed E-state index contributed by atoms with van der Waals surface area (Å²) in [4.78, 5) is 14.6. The molecule has 16 heavy (non-hydrogen) atoms. The predicted molar refractivity (Wildman–Crippen MR) is 66.4 cm³/mol. The Balaban J connectivity index is 2.54. The van der Waals surface area contributed by atoms with Crippen LogP contribution in [-0.2, 0) is 4.79 Å². The number of rotatable bonds is 4. The fraction of sp³-hybridized carbons (Fsp3) is 0.333. The number of aromatic nitrogens is 1. The van der Waals surface area contributed by atoms with Crippen LogP contribution in [0.5, 0.6) is 0 Å². The van der Waals surface area contributed by atoms with Crippen molar-refractivity contribution in [1.82, 2.24) is 10.3 Å². The molecule has 0 aromatic carbocycles. The predicted octanol–water partition coefficient (Wildman–Crippen LogP) is 2.59. The van der Waals surface area contributed by atoms with Crippen molar-refractivity contribution < 1.29 is 4.79 Å². The Hall–Kier alpha value is -0.710. The maximum atomic E-state index is 10.6. The average Bonchev–Trinajstić information content (AvgIpc) is 2.19. The van der Waals surface area contributed by atoms with Crippen molar-refractivity contribution in [1.29, 1.82) is 0 Å². The molecule has 2 N–H and O–H groups in total. The highest BCUT2D eigenvalue weighted by molar-refractivity contribution is 6.42. The molecule has 0 atom stereocenters. The summed E-state index contributed by atoms with van der Waals surface area (Å²) in [6, 6.07) is 1.51. The lowest BCUT2D eigenvalue weighted by molar-refractivity contribution is -0.118. The van der Waals surface area contributed by atoms with E-state index in [1.165, 1.54) is 13.0 Å². The first-order chi connectivity index (χ1) is 7.50. The number of nitrogens with one attached hydrogen (secondary N) is 2. The van der Waals surface area contributed by atoms with Crippen molar-refractivity contribution in [2.75, 3.05) is 18.4 Å². The Labute approximate surface area is 108 Å². The number of hydrogen-bond acceptors (Lipinski definition) is 3. The third-order valence-corrected chi connectivity index (χ3v) is 2.64. The molecule has 1 rings (SSSR count). The van der Waals surface area contributed by atoms with Crippen LogP contribution in [0, 0.1) is 0 Å². The van der Waals surface area contributed by atoms with E-state index in [0.29, 0.717) is 29.0 Å². The first-order valence-electron chi connectivity index (χ1n) is 4.50. The summed E-state index contributed by atoms with van der Waals surface area (Å²) in [7, 11) is 0. The van der Waals surface area contributed by atoms with E-state index in [-0.39, 0.29) is 11.1 Å². The molecule has 1 aromatic rings. The third-order valence-electron chi connectivity index (χ3n) is 1.68. The van der Waals surface area contributed by atoms with Crippen LogP contribution in [0.4, 0.5) is 5.82 Å². The first-order valence-corrected chi connectivity index (χ1v) is 5.64. The van der Waals surface area contributed by atoms with Crippen LogP contribution >= 0.6 is 34.8 Å². The zero-order valence-corrected chi connectivity index (χ0v) is 10.7. The molecular formula is C9H10Cl3N3O. The Morgan fingerprint density at radius 3 is 2.62 bits per heavy atom. The van der Waals surface area contributed by atoms with Gasteiger partial charge in [0, 0.05) is 20.0 Å². The number of pyridine rings is 1. The van der Waals surface area contributed by atoms with Gasteiger partial charge in [-0.3, -0.25) is 4.79 Å². The molecule has 0 aliphatic rings. The summed E-state index contributed by atoms with van der Waals surface area (Å²) in [6.07, 6.45) is 0. The molecule has 0 aliphatic heterocycles. The normalized spacial score (nSPS) is 10.0. The fourth-order valence-corrected chi connectivity index (χ4v) is 1.55. The lowest BCUT2D eigenvalue weighted by Crippen LogP contribution is -2.26. The van der Waals surface area contributed by atoms with Crippen molar-refractivity contribution in [2.24, 2.45) is 0 Å². The van der Waals surface area contributed by atoms with Gasteiger partial charge in [0.25, 0.3) is 0 Å². The maximum absolute atomic E-state index is 10.6. The molecule has 0 unspecified atom stereocenters. The highest BCUT2D eigenvalue weighted by atomic mass is 35.5. The maximum Gasteiger partial charge on any atom is 0.216 e. The number of anilines is 1. The van der Waals surface area contributed by atoms with Gasteiger partial charge in [0.2, 0.25) is 5.91 Å². The molecule has 0 saturated heterocycles. The molecule has 0 bridgehead atoms. The summed E-state index contributed by atoms with van der Waals surface area (Å²) >= 11 is 17.4. The number of carbonyl (C=O) groups is 1. The van der Waals surface area contributed by atoms with Gasteiger partial charge in [0.1, 0.15) is 11.0 Å².